The van der Waals surface area contributed by atoms with Crippen LogP contribution in [0.4, 0.5) is 0 Å². The first-order chi connectivity index (χ1) is 13.3. The Hall–Kier alpha value is -2.44. The standard InChI is InChI=1S/C21H23N3O2S/c1-25-18-6-3-5-17(20(18)26-2)16-8-9-24(14-16)13-15-11-22-21(23-12-15)19-7-4-10-27-19/h3-7,10-12,16H,8-9,13-14H2,1-2H3. The van der Waals surface area contributed by atoms with Gasteiger partial charge in [0.25, 0.3) is 0 Å². The lowest BCUT2D eigenvalue weighted by molar-refractivity contribution is 0.322. The molecule has 0 bridgehead atoms. The second-order valence-corrected chi connectivity index (χ2v) is 7.64. The molecule has 0 saturated carbocycles. The van der Waals surface area contributed by atoms with Crippen molar-refractivity contribution in [3.8, 4) is 22.2 Å². The van der Waals surface area contributed by atoms with Crippen molar-refractivity contribution in [2.45, 2.75) is 18.9 Å². The summed E-state index contributed by atoms with van der Waals surface area (Å²) in [4.78, 5) is 12.6. The third-order valence-electron chi connectivity index (χ3n) is 5.00. The predicted molar refractivity (Wildman–Crippen MR) is 108 cm³/mol. The molecule has 0 spiro atoms. The minimum absolute atomic E-state index is 0.446. The normalized spacial score (nSPS) is 17.2. The number of para-hydroxylation sites is 1. The van der Waals surface area contributed by atoms with Gasteiger partial charge >= 0.3 is 0 Å². The van der Waals surface area contributed by atoms with Gasteiger partial charge in [0.05, 0.1) is 19.1 Å². The maximum Gasteiger partial charge on any atom is 0.169 e. The summed E-state index contributed by atoms with van der Waals surface area (Å²) in [5.41, 5.74) is 2.37. The van der Waals surface area contributed by atoms with E-state index in [0.29, 0.717) is 5.92 Å². The highest BCUT2D eigenvalue weighted by atomic mass is 32.1. The number of aromatic nitrogens is 2. The summed E-state index contributed by atoms with van der Waals surface area (Å²) in [6.07, 6.45) is 5.00. The highest BCUT2D eigenvalue weighted by molar-refractivity contribution is 7.13. The summed E-state index contributed by atoms with van der Waals surface area (Å²) in [6, 6.07) is 10.2. The zero-order valence-electron chi connectivity index (χ0n) is 15.6. The maximum atomic E-state index is 5.62. The molecular weight excluding hydrogens is 358 g/mol. The van der Waals surface area contributed by atoms with Gasteiger partial charge in [-0.05, 0) is 30.5 Å². The molecule has 0 amide bonds. The number of thiophene rings is 1. The molecule has 4 rings (SSSR count). The third kappa shape index (κ3) is 3.82. The average molecular weight is 382 g/mol. The van der Waals surface area contributed by atoms with Crippen LogP contribution in [0.1, 0.15) is 23.5 Å². The van der Waals surface area contributed by atoms with Crippen LogP contribution in [-0.4, -0.2) is 42.2 Å². The Kier molecular flexibility index (Phi) is 5.36. The predicted octanol–water partition coefficient (Wildman–Crippen LogP) is 4.21. The van der Waals surface area contributed by atoms with E-state index in [1.807, 2.05) is 42.0 Å². The first-order valence-electron chi connectivity index (χ1n) is 9.06. The van der Waals surface area contributed by atoms with E-state index < -0.39 is 0 Å². The minimum Gasteiger partial charge on any atom is -0.493 e. The summed E-state index contributed by atoms with van der Waals surface area (Å²) in [6.45, 7) is 2.92. The molecule has 3 heterocycles. The Morgan fingerprint density at radius 3 is 2.67 bits per heavy atom. The molecule has 5 nitrogen and oxygen atoms in total. The van der Waals surface area contributed by atoms with Gasteiger partial charge in [-0.25, -0.2) is 9.97 Å². The smallest absolute Gasteiger partial charge is 0.169 e. The quantitative estimate of drug-likeness (QED) is 0.640. The van der Waals surface area contributed by atoms with Gasteiger partial charge in [-0.1, -0.05) is 18.2 Å². The van der Waals surface area contributed by atoms with Crippen LogP contribution in [0.3, 0.4) is 0 Å². The highest BCUT2D eigenvalue weighted by Crippen LogP contribution is 2.39. The molecule has 0 aliphatic carbocycles. The average Bonchev–Trinajstić information content (AvgIpc) is 3.40. The van der Waals surface area contributed by atoms with Gasteiger partial charge in [-0.2, -0.15) is 0 Å². The number of likely N-dealkylation sites (tertiary alicyclic amines) is 1. The second kappa shape index (κ2) is 8.06. The zero-order chi connectivity index (χ0) is 18.6. The summed E-state index contributed by atoms with van der Waals surface area (Å²) < 4.78 is 11.1. The Bertz CT molecular complexity index is 881. The molecule has 3 aromatic rings. The van der Waals surface area contributed by atoms with Gasteiger partial charge in [-0.3, -0.25) is 4.90 Å². The lowest BCUT2D eigenvalue weighted by atomic mass is 9.97. The fraction of sp³-hybridized carbons (Fsp3) is 0.333. The summed E-state index contributed by atoms with van der Waals surface area (Å²) in [5, 5.41) is 2.05. The molecule has 140 valence electrons. The van der Waals surface area contributed by atoms with Crippen molar-refractivity contribution in [3.05, 3.63) is 59.2 Å². The van der Waals surface area contributed by atoms with Crippen molar-refractivity contribution in [2.75, 3.05) is 27.3 Å². The van der Waals surface area contributed by atoms with Crippen molar-refractivity contribution in [1.29, 1.82) is 0 Å². The Morgan fingerprint density at radius 1 is 1.11 bits per heavy atom. The molecular formula is C21H23N3O2S. The van der Waals surface area contributed by atoms with E-state index in [1.54, 1.807) is 25.6 Å². The van der Waals surface area contributed by atoms with E-state index in [2.05, 4.69) is 20.9 Å². The SMILES string of the molecule is COc1cccc(C2CCN(Cc3cnc(-c4cccs4)nc3)C2)c1OC. The van der Waals surface area contributed by atoms with Gasteiger partial charge in [-0.15, -0.1) is 11.3 Å². The van der Waals surface area contributed by atoms with Crippen LogP contribution in [0.5, 0.6) is 11.5 Å². The fourth-order valence-electron chi connectivity index (χ4n) is 3.69. The van der Waals surface area contributed by atoms with E-state index >= 15 is 0 Å². The maximum absolute atomic E-state index is 5.62. The van der Waals surface area contributed by atoms with Gasteiger partial charge < -0.3 is 9.47 Å². The largest absolute Gasteiger partial charge is 0.493 e. The molecule has 1 aromatic carbocycles. The number of nitrogens with zero attached hydrogens (tertiary/aromatic N) is 3. The van der Waals surface area contributed by atoms with E-state index in [0.717, 1.165) is 53.8 Å². The van der Waals surface area contributed by atoms with Crippen molar-refractivity contribution >= 4 is 11.3 Å². The van der Waals surface area contributed by atoms with Crippen LogP contribution in [0, 0.1) is 0 Å². The molecule has 0 N–H and O–H groups in total. The molecule has 0 radical (unpaired) electrons. The van der Waals surface area contributed by atoms with Crippen LogP contribution in [0.25, 0.3) is 10.7 Å². The number of ether oxygens (including phenoxy) is 2. The monoisotopic (exact) mass is 381 g/mol. The molecule has 1 atom stereocenters. The molecule has 27 heavy (non-hydrogen) atoms. The Morgan fingerprint density at radius 2 is 1.96 bits per heavy atom. The second-order valence-electron chi connectivity index (χ2n) is 6.70. The Balaban J connectivity index is 1.43. The lowest BCUT2D eigenvalue weighted by Gasteiger charge is -2.18. The summed E-state index contributed by atoms with van der Waals surface area (Å²) >= 11 is 1.66. The summed E-state index contributed by atoms with van der Waals surface area (Å²) in [7, 11) is 3.39. The van der Waals surface area contributed by atoms with E-state index in [9.17, 15) is 0 Å². The first kappa shape index (κ1) is 17.9. The fourth-order valence-corrected chi connectivity index (χ4v) is 4.36. The number of hydrogen-bond donors (Lipinski definition) is 0. The molecule has 6 heteroatoms. The van der Waals surface area contributed by atoms with Crippen molar-refractivity contribution in [2.24, 2.45) is 0 Å². The molecule has 1 saturated heterocycles. The zero-order valence-corrected chi connectivity index (χ0v) is 16.4. The lowest BCUT2D eigenvalue weighted by Crippen LogP contribution is -2.20. The van der Waals surface area contributed by atoms with Crippen LogP contribution in [0.2, 0.25) is 0 Å². The molecule has 1 aliphatic heterocycles. The van der Waals surface area contributed by atoms with Crippen LogP contribution in [-0.2, 0) is 6.54 Å². The van der Waals surface area contributed by atoms with Gasteiger partial charge in [0.15, 0.2) is 17.3 Å². The molecule has 1 fully saturated rings. The third-order valence-corrected chi connectivity index (χ3v) is 5.86. The molecule has 1 aliphatic rings. The van der Waals surface area contributed by atoms with Crippen molar-refractivity contribution in [1.82, 2.24) is 14.9 Å². The van der Waals surface area contributed by atoms with E-state index in [1.165, 1.54) is 5.56 Å². The van der Waals surface area contributed by atoms with Crippen LogP contribution in [0.15, 0.2) is 48.1 Å². The summed E-state index contributed by atoms with van der Waals surface area (Å²) in [5.74, 6) is 2.90. The van der Waals surface area contributed by atoms with E-state index in [4.69, 9.17) is 9.47 Å². The minimum atomic E-state index is 0.446. The Labute approximate surface area is 163 Å². The first-order valence-corrected chi connectivity index (χ1v) is 9.94. The molecule has 2 aromatic heterocycles. The number of benzene rings is 1. The topological polar surface area (TPSA) is 47.5 Å². The van der Waals surface area contributed by atoms with Crippen LogP contribution >= 0.6 is 11.3 Å². The van der Waals surface area contributed by atoms with E-state index in [-0.39, 0.29) is 0 Å². The molecule has 1 unspecified atom stereocenters. The van der Waals surface area contributed by atoms with Crippen LogP contribution < -0.4 is 9.47 Å². The number of hydrogen-bond acceptors (Lipinski definition) is 6. The van der Waals surface area contributed by atoms with Crippen molar-refractivity contribution < 1.29 is 9.47 Å². The number of methoxy groups -OCH3 is 2. The van der Waals surface area contributed by atoms with Crippen molar-refractivity contribution in [3.63, 3.8) is 0 Å². The van der Waals surface area contributed by atoms with Gasteiger partial charge in [0.2, 0.25) is 0 Å². The van der Waals surface area contributed by atoms with Gasteiger partial charge in [0.1, 0.15) is 0 Å². The number of rotatable bonds is 6. The van der Waals surface area contributed by atoms with Gasteiger partial charge in [0, 0.05) is 42.5 Å². The highest BCUT2D eigenvalue weighted by Gasteiger charge is 2.27.